The molecule has 0 spiro atoms. The first-order valence-electron chi connectivity index (χ1n) is 2.62. The summed E-state index contributed by atoms with van der Waals surface area (Å²) in [5, 5.41) is 3.20. The van der Waals surface area contributed by atoms with Gasteiger partial charge >= 0.3 is 0 Å². The van der Waals surface area contributed by atoms with Gasteiger partial charge in [0, 0.05) is 0 Å². The molecule has 0 aromatic heterocycles. The molecule has 0 aliphatic heterocycles. The Kier molecular flexibility index (Phi) is 1180. The Hall–Kier alpha value is -0.0400. The minimum Gasteiger partial charge on any atom is -0.317 e. The molecular weight excluding hydrogens is 182 g/mol. The van der Waals surface area contributed by atoms with Crippen LogP contribution in [0.5, 0.6) is 0 Å². The Balaban J connectivity index is -0.00000000347. The molecule has 0 radical (unpaired) electrons. The van der Waals surface area contributed by atoms with E-state index in [-0.39, 0.29) is 66.8 Å². The van der Waals surface area contributed by atoms with E-state index in [1.54, 1.807) is 0 Å². The first-order chi connectivity index (χ1) is 2.91. The van der Waals surface area contributed by atoms with E-state index in [1.807, 2.05) is 0 Å². The molecule has 15 heavy (non-hydrogen) atoms. The van der Waals surface area contributed by atoms with Gasteiger partial charge in [-0.3, -0.25) is 0 Å². The zero-order valence-electron chi connectivity index (χ0n) is 4.62. The SMILES string of the molecule is C.C.C.C.C.C.C.C.C.CCCNCC. The van der Waals surface area contributed by atoms with E-state index < -0.39 is 0 Å². The molecule has 0 heterocycles. The van der Waals surface area contributed by atoms with E-state index in [1.165, 1.54) is 6.42 Å². The summed E-state index contributed by atoms with van der Waals surface area (Å²) in [7, 11) is 0. The van der Waals surface area contributed by atoms with E-state index in [4.69, 9.17) is 0 Å². The zero-order valence-corrected chi connectivity index (χ0v) is 4.62. The lowest BCUT2D eigenvalue weighted by Gasteiger charge is -1.91. The lowest BCUT2D eigenvalue weighted by Crippen LogP contribution is -2.12. The standard InChI is InChI=1S/C5H13N.9CH4/c1-3-5-6-4-2;;;;;;;;;/h6H,3-5H2,1-2H3;9*1H4. The maximum atomic E-state index is 3.20. The Morgan fingerprint density at radius 1 is 0.600 bits per heavy atom. The first-order valence-corrected chi connectivity index (χ1v) is 2.62. The van der Waals surface area contributed by atoms with Crippen LogP contribution in [-0.4, -0.2) is 13.1 Å². The summed E-state index contributed by atoms with van der Waals surface area (Å²) in [4.78, 5) is 0. The Labute approximate surface area is 106 Å². The second-order valence-electron chi connectivity index (χ2n) is 1.35. The van der Waals surface area contributed by atoms with Crippen LogP contribution in [0.25, 0.3) is 0 Å². The Morgan fingerprint density at radius 3 is 0.933 bits per heavy atom. The molecule has 0 aromatic rings. The molecule has 110 valence electrons. The number of hydrogen-bond donors (Lipinski definition) is 1. The van der Waals surface area contributed by atoms with Crippen LogP contribution in [-0.2, 0) is 0 Å². The summed E-state index contributed by atoms with van der Waals surface area (Å²) in [6, 6.07) is 0. The topological polar surface area (TPSA) is 12.0 Å². The van der Waals surface area contributed by atoms with Crippen LogP contribution in [0.2, 0.25) is 0 Å². The van der Waals surface area contributed by atoms with Crippen molar-refractivity contribution in [2.45, 2.75) is 87.1 Å². The van der Waals surface area contributed by atoms with E-state index in [0.29, 0.717) is 0 Å². The summed E-state index contributed by atoms with van der Waals surface area (Å²) in [6.45, 7) is 6.56. The van der Waals surface area contributed by atoms with Crippen molar-refractivity contribution in [2.75, 3.05) is 13.1 Å². The summed E-state index contributed by atoms with van der Waals surface area (Å²) in [5.74, 6) is 0. The highest BCUT2D eigenvalue weighted by atomic mass is 14.8. The van der Waals surface area contributed by atoms with Crippen LogP contribution in [0.4, 0.5) is 0 Å². The zero-order chi connectivity index (χ0) is 4.83. The van der Waals surface area contributed by atoms with Crippen LogP contribution in [0.1, 0.15) is 87.1 Å². The van der Waals surface area contributed by atoms with E-state index in [0.717, 1.165) is 13.1 Å². The van der Waals surface area contributed by atoms with Crippen LogP contribution >= 0.6 is 0 Å². The third-order valence-corrected chi connectivity index (χ3v) is 0.677. The summed E-state index contributed by atoms with van der Waals surface area (Å²) >= 11 is 0. The van der Waals surface area contributed by atoms with Gasteiger partial charge in [0.05, 0.1) is 0 Å². The predicted molar refractivity (Wildman–Crippen MR) is 89.4 cm³/mol. The fourth-order valence-corrected chi connectivity index (χ4v) is 0.354. The second kappa shape index (κ2) is 150. The van der Waals surface area contributed by atoms with Gasteiger partial charge in [-0.1, -0.05) is 80.7 Å². The fraction of sp³-hybridized carbons (Fsp3) is 1.00. The largest absolute Gasteiger partial charge is 0.317 e. The molecule has 0 aliphatic rings. The molecule has 0 atom stereocenters. The highest BCUT2D eigenvalue weighted by Crippen LogP contribution is 1.65. The molecular formula is C14H49N. The van der Waals surface area contributed by atoms with Gasteiger partial charge in [-0.05, 0) is 19.5 Å². The molecule has 0 saturated heterocycles. The van der Waals surface area contributed by atoms with E-state index >= 15 is 0 Å². The second-order valence-corrected chi connectivity index (χ2v) is 1.35. The van der Waals surface area contributed by atoms with Crippen molar-refractivity contribution in [1.29, 1.82) is 0 Å². The quantitative estimate of drug-likeness (QED) is 0.531. The molecule has 0 aliphatic carbocycles. The molecule has 0 bridgehead atoms. The minimum absolute atomic E-state index is 0. The third-order valence-electron chi connectivity index (χ3n) is 0.677. The van der Waals surface area contributed by atoms with Gasteiger partial charge in [-0.15, -0.1) is 0 Å². The molecule has 0 amide bonds. The van der Waals surface area contributed by atoms with Crippen LogP contribution in [0.15, 0.2) is 0 Å². The van der Waals surface area contributed by atoms with Crippen molar-refractivity contribution in [3.05, 3.63) is 0 Å². The van der Waals surface area contributed by atoms with E-state index in [9.17, 15) is 0 Å². The molecule has 0 fully saturated rings. The highest BCUT2D eigenvalue weighted by molar-refractivity contribution is 4.35. The van der Waals surface area contributed by atoms with Gasteiger partial charge in [0.1, 0.15) is 0 Å². The van der Waals surface area contributed by atoms with Gasteiger partial charge in [-0.25, -0.2) is 0 Å². The molecule has 1 heteroatoms. The minimum atomic E-state index is 0. The number of nitrogens with one attached hydrogen (secondary N) is 1. The first kappa shape index (κ1) is 119. The summed E-state index contributed by atoms with van der Waals surface area (Å²) < 4.78 is 0. The Bertz CT molecular complexity index is 17.3. The molecule has 0 saturated carbocycles. The van der Waals surface area contributed by atoms with Crippen molar-refractivity contribution < 1.29 is 0 Å². The van der Waals surface area contributed by atoms with Gasteiger partial charge in [0.15, 0.2) is 0 Å². The normalized spacial score (nSPS) is 3.60. The van der Waals surface area contributed by atoms with Gasteiger partial charge in [0.2, 0.25) is 0 Å². The summed E-state index contributed by atoms with van der Waals surface area (Å²) in [6.07, 6.45) is 1.24. The molecule has 0 aromatic carbocycles. The highest BCUT2D eigenvalue weighted by Gasteiger charge is 1.71. The van der Waals surface area contributed by atoms with Crippen molar-refractivity contribution in [3.63, 3.8) is 0 Å². The van der Waals surface area contributed by atoms with Gasteiger partial charge < -0.3 is 5.32 Å². The maximum absolute atomic E-state index is 3.20. The smallest absolute Gasteiger partial charge is 0.00517 e. The summed E-state index contributed by atoms with van der Waals surface area (Å²) in [5.41, 5.74) is 0. The van der Waals surface area contributed by atoms with Crippen molar-refractivity contribution in [3.8, 4) is 0 Å². The third kappa shape index (κ3) is 228. The predicted octanol–water partition coefficient (Wildman–Crippen LogP) is 6.73. The lowest BCUT2D eigenvalue weighted by molar-refractivity contribution is 0.703. The van der Waals surface area contributed by atoms with Crippen molar-refractivity contribution >= 4 is 0 Å². The van der Waals surface area contributed by atoms with Crippen molar-refractivity contribution in [2.24, 2.45) is 0 Å². The molecule has 1 N–H and O–H groups in total. The fourth-order valence-electron chi connectivity index (χ4n) is 0.354. The van der Waals surface area contributed by atoms with Crippen molar-refractivity contribution in [1.82, 2.24) is 5.32 Å². The maximum Gasteiger partial charge on any atom is -0.00517 e. The van der Waals surface area contributed by atoms with E-state index in [2.05, 4.69) is 19.2 Å². The van der Waals surface area contributed by atoms with Crippen LogP contribution in [0.3, 0.4) is 0 Å². The van der Waals surface area contributed by atoms with Crippen LogP contribution in [0, 0.1) is 0 Å². The lowest BCUT2D eigenvalue weighted by atomic mass is 10.5. The number of hydrogen-bond acceptors (Lipinski definition) is 1. The van der Waals surface area contributed by atoms with Crippen LogP contribution < -0.4 is 5.32 Å². The molecule has 1 nitrogen and oxygen atoms in total. The van der Waals surface area contributed by atoms with Gasteiger partial charge in [0.25, 0.3) is 0 Å². The monoisotopic (exact) mass is 231 g/mol. The van der Waals surface area contributed by atoms with Gasteiger partial charge in [-0.2, -0.15) is 0 Å². The Morgan fingerprint density at radius 2 is 0.867 bits per heavy atom. The average molecular weight is 232 g/mol. The molecule has 0 rings (SSSR count). The molecule has 0 unspecified atom stereocenters. The number of rotatable bonds is 3. The average Bonchev–Trinajstić information content (AvgIpc) is 1.61.